The molecule has 0 unspecified atom stereocenters. The quantitative estimate of drug-likeness (QED) is 0.367. The lowest BCUT2D eigenvalue weighted by atomic mass is 9.86. The zero-order chi connectivity index (χ0) is 27.8. The van der Waals surface area contributed by atoms with E-state index in [1.807, 2.05) is 30.3 Å². The summed E-state index contributed by atoms with van der Waals surface area (Å²) < 4.78 is 5.17. The molecular weight excluding hydrogens is 474 g/mol. The van der Waals surface area contributed by atoms with Crippen LogP contribution in [0.2, 0.25) is 0 Å². The molecule has 2 amide bonds. The maximum Gasteiger partial charge on any atom is 0.407 e. The second-order valence-electron chi connectivity index (χ2n) is 11.0. The van der Waals surface area contributed by atoms with E-state index >= 15 is 0 Å². The van der Waals surface area contributed by atoms with Crippen molar-refractivity contribution in [3.8, 4) is 0 Å². The summed E-state index contributed by atoms with van der Waals surface area (Å²) in [7, 11) is 0. The summed E-state index contributed by atoms with van der Waals surface area (Å²) in [5.41, 5.74) is 15.7. The molecule has 0 atom stereocenters. The van der Waals surface area contributed by atoms with Crippen LogP contribution in [0.5, 0.6) is 0 Å². The van der Waals surface area contributed by atoms with Gasteiger partial charge in [-0.15, -0.1) is 0 Å². The molecule has 38 heavy (non-hydrogen) atoms. The Morgan fingerprint density at radius 1 is 0.789 bits per heavy atom. The van der Waals surface area contributed by atoms with Crippen LogP contribution in [0.4, 0.5) is 4.79 Å². The molecule has 0 radical (unpaired) electrons. The smallest absolute Gasteiger partial charge is 0.407 e. The third kappa shape index (κ3) is 13.1. The Labute approximate surface area is 230 Å². The van der Waals surface area contributed by atoms with E-state index < -0.39 is 0 Å². The number of hydrogen-bond donors (Lipinski definition) is 3. The van der Waals surface area contributed by atoms with Gasteiger partial charge < -0.3 is 21.5 Å². The Morgan fingerprint density at radius 2 is 1.26 bits per heavy atom. The van der Waals surface area contributed by atoms with E-state index in [1.54, 1.807) is 0 Å². The molecule has 0 aromatic heterocycles. The van der Waals surface area contributed by atoms with Gasteiger partial charge in [-0.05, 0) is 101 Å². The summed E-state index contributed by atoms with van der Waals surface area (Å²) in [5.74, 6) is 1.32. The summed E-state index contributed by atoms with van der Waals surface area (Å²) in [6.45, 7) is 13.7. The van der Waals surface area contributed by atoms with Gasteiger partial charge in [0.2, 0.25) is 5.91 Å². The van der Waals surface area contributed by atoms with Gasteiger partial charge in [-0.25, -0.2) is 4.79 Å². The molecule has 210 valence electrons. The Kier molecular flexibility index (Phi) is 14.5. The normalized spacial score (nSPS) is 18.9. The van der Waals surface area contributed by atoms with E-state index in [4.69, 9.17) is 16.2 Å². The van der Waals surface area contributed by atoms with Crippen molar-refractivity contribution in [2.45, 2.75) is 83.7 Å². The van der Waals surface area contributed by atoms with E-state index in [9.17, 15) is 9.59 Å². The van der Waals surface area contributed by atoms with Crippen molar-refractivity contribution in [2.75, 3.05) is 13.1 Å². The highest BCUT2D eigenvalue weighted by molar-refractivity contribution is 5.76. The van der Waals surface area contributed by atoms with Gasteiger partial charge in [-0.3, -0.25) is 4.79 Å². The minimum absolute atomic E-state index is 0.116. The van der Waals surface area contributed by atoms with Crippen molar-refractivity contribution in [3.05, 3.63) is 72.4 Å². The topological polar surface area (TPSA) is 107 Å². The molecule has 0 aliphatic heterocycles. The standard InChI is InChI=1S/C16H21NO2.C8H13NO.C8H15N/c1-13-7-9-14(10-8-13)11-17-16(18)19-12-15-5-3-2-4-6-15;1-6-2-4-7(5-3-6)8(9)10;1-7-2-4-8(6-9)5-3-7/h2-6,14H,1,7-12H2,(H,17,18);7H,1-5H2,(H2,9,10);8H,1-6,9H2. The van der Waals surface area contributed by atoms with Crippen molar-refractivity contribution in [3.63, 3.8) is 0 Å². The average Bonchev–Trinajstić information content (AvgIpc) is 2.93. The van der Waals surface area contributed by atoms with Crippen molar-refractivity contribution >= 4 is 12.0 Å². The van der Waals surface area contributed by atoms with Crippen LogP contribution < -0.4 is 16.8 Å². The summed E-state index contributed by atoms with van der Waals surface area (Å²) >= 11 is 0. The Hall–Kier alpha value is -2.86. The van der Waals surface area contributed by atoms with Gasteiger partial charge in [0.15, 0.2) is 0 Å². The van der Waals surface area contributed by atoms with Crippen LogP contribution in [0, 0.1) is 17.8 Å². The third-order valence-corrected chi connectivity index (χ3v) is 7.80. The van der Waals surface area contributed by atoms with Crippen LogP contribution in [0.3, 0.4) is 0 Å². The Morgan fingerprint density at radius 3 is 1.74 bits per heavy atom. The van der Waals surface area contributed by atoms with E-state index in [2.05, 4.69) is 25.1 Å². The first-order valence-corrected chi connectivity index (χ1v) is 14.2. The predicted octanol–water partition coefficient (Wildman–Crippen LogP) is 6.57. The number of nitrogens with two attached hydrogens (primary N) is 2. The highest BCUT2D eigenvalue weighted by atomic mass is 16.5. The number of nitrogens with one attached hydrogen (secondary N) is 1. The molecule has 4 rings (SSSR count). The second kappa shape index (κ2) is 17.6. The fraction of sp³-hybridized carbons (Fsp3) is 0.562. The molecule has 6 heteroatoms. The van der Waals surface area contributed by atoms with E-state index in [-0.39, 0.29) is 17.9 Å². The molecule has 0 heterocycles. The SMILES string of the molecule is C=C1CCC(C(N)=O)CC1.C=C1CCC(CN)CC1.C=C1CCC(CNC(=O)OCc2ccccc2)CC1. The summed E-state index contributed by atoms with van der Waals surface area (Å²) in [6.07, 6.45) is 12.8. The van der Waals surface area contributed by atoms with Crippen LogP contribution in [0.25, 0.3) is 0 Å². The molecule has 5 N–H and O–H groups in total. The first-order chi connectivity index (χ1) is 18.3. The Bertz CT molecular complexity index is 882. The molecule has 3 saturated carbocycles. The zero-order valence-corrected chi connectivity index (χ0v) is 23.2. The van der Waals surface area contributed by atoms with Crippen LogP contribution in [0.1, 0.15) is 82.6 Å². The molecule has 1 aromatic rings. The van der Waals surface area contributed by atoms with E-state index in [1.165, 1.54) is 42.4 Å². The van der Waals surface area contributed by atoms with Gasteiger partial charge in [0.1, 0.15) is 6.61 Å². The van der Waals surface area contributed by atoms with Gasteiger partial charge in [0.05, 0.1) is 0 Å². The van der Waals surface area contributed by atoms with Crippen molar-refractivity contribution in [1.82, 2.24) is 5.32 Å². The maximum atomic E-state index is 11.6. The molecule has 3 fully saturated rings. The number of amides is 2. The fourth-order valence-corrected chi connectivity index (χ4v) is 4.92. The second-order valence-corrected chi connectivity index (χ2v) is 11.0. The monoisotopic (exact) mass is 523 g/mol. The largest absolute Gasteiger partial charge is 0.445 e. The number of alkyl carbamates (subject to hydrolysis) is 1. The van der Waals surface area contributed by atoms with Crippen LogP contribution in [0.15, 0.2) is 66.8 Å². The fourth-order valence-electron chi connectivity index (χ4n) is 4.92. The highest BCUT2D eigenvalue weighted by Crippen LogP contribution is 2.27. The van der Waals surface area contributed by atoms with Crippen molar-refractivity contribution < 1.29 is 14.3 Å². The minimum atomic E-state index is -0.326. The van der Waals surface area contributed by atoms with Crippen LogP contribution in [-0.2, 0) is 16.1 Å². The molecule has 3 aliphatic carbocycles. The van der Waals surface area contributed by atoms with Crippen molar-refractivity contribution in [1.29, 1.82) is 0 Å². The van der Waals surface area contributed by atoms with Gasteiger partial charge in [-0.2, -0.15) is 0 Å². The van der Waals surface area contributed by atoms with Gasteiger partial charge in [0.25, 0.3) is 0 Å². The molecule has 6 nitrogen and oxygen atoms in total. The number of carbonyl (C=O) groups is 2. The first-order valence-electron chi connectivity index (χ1n) is 14.2. The molecule has 3 aliphatic rings. The summed E-state index contributed by atoms with van der Waals surface area (Å²) in [4.78, 5) is 22.2. The van der Waals surface area contributed by atoms with Gasteiger partial charge in [0, 0.05) is 12.5 Å². The van der Waals surface area contributed by atoms with Crippen LogP contribution >= 0.6 is 0 Å². The first kappa shape index (κ1) is 31.4. The summed E-state index contributed by atoms with van der Waals surface area (Å²) in [6, 6.07) is 9.71. The highest BCUT2D eigenvalue weighted by Gasteiger charge is 2.19. The molecular formula is C32H49N3O3. The molecule has 1 aromatic carbocycles. The summed E-state index contributed by atoms with van der Waals surface area (Å²) in [5, 5.41) is 2.85. The predicted molar refractivity (Wildman–Crippen MR) is 156 cm³/mol. The Balaban J connectivity index is 0.000000224. The van der Waals surface area contributed by atoms with Crippen molar-refractivity contribution in [2.24, 2.45) is 29.2 Å². The number of benzene rings is 1. The number of rotatable bonds is 6. The third-order valence-electron chi connectivity index (χ3n) is 7.80. The zero-order valence-electron chi connectivity index (χ0n) is 23.2. The minimum Gasteiger partial charge on any atom is -0.445 e. The number of carbonyl (C=O) groups excluding carboxylic acids is 2. The maximum absolute atomic E-state index is 11.6. The average molecular weight is 524 g/mol. The van der Waals surface area contributed by atoms with Gasteiger partial charge >= 0.3 is 6.09 Å². The van der Waals surface area contributed by atoms with Crippen LogP contribution in [-0.4, -0.2) is 25.1 Å². The lowest BCUT2D eigenvalue weighted by Gasteiger charge is -2.23. The lowest BCUT2D eigenvalue weighted by Crippen LogP contribution is -2.30. The molecule has 0 bridgehead atoms. The number of hydrogen-bond acceptors (Lipinski definition) is 4. The number of allylic oxidation sites excluding steroid dienone is 3. The van der Waals surface area contributed by atoms with E-state index in [0.717, 1.165) is 69.4 Å². The molecule has 0 saturated heterocycles. The molecule has 0 spiro atoms. The number of primary amides is 1. The number of ether oxygens (including phenoxy) is 1. The van der Waals surface area contributed by atoms with Gasteiger partial charge in [-0.1, -0.05) is 66.8 Å². The van der Waals surface area contributed by atoms with E-state index in [0.29, 0.717) is 19.1 Å². The lowest BCUT2D eigenvalue weighted by molar-refractivity contribution is -0.122.